The second-order valence-corrected chi connectivity index (χ2v) is 6.92. The number of hydrogen-bond acceptors (Lipinski definition) is 4. The summed E-state index contributed by atoms with van der Waals surface area (Å²) in [6, 6.07) is 8.55. The molecule has 0 fully saturated rings. The van der Waals surface area contributed by atoms with Crippen molar-refractivity contribution in [2.24, 2.45) is 0 Å². The molecular formula is C19H18FN3OS. The van der Waals surface area contributed by atoms with Gasteiger partial charge in [-0.25, -0.2) is 9.37 Å². The molecule has 3 rings (SSSR count). The molecule has 1 aromatic carbocycles. The summed E-state index contributed by atoms with van der Waals surface area (Å²) in [5, 5.41) is 0.907. The number of nitrogen functional groups attached to an aromatic ring is 1. The van der Waals surface area contributed by atoms with Crippen molar-refractivity contribution in [2.45, 2.75) is 13.5 Å². The standard InChI is InChI=1S/C19H18FN3OS/c1-12-14-4-3-5-15(20)19(14)25-16(12)11-23(2)18(24)9-7-13-6-8-17(21)22-10-13/h3-10H,11H2,1-2H3,(H2,21,22)/b9-7+. The number of aromatic nitrogens is 1. The molecule has 0 saturated heterocycles. The molecule has 0 radical (unpaired) electrons. The number of amides is 1. The number of aryl methyl sites for hydroxylation is 1. The Labute approximate surface area is 149 Å². The molecule has 0 aliphatic heterocycles. The highest BCUT2D eigenvalue weighted by Gasteiger charge is 2.14. The fraction of sp³-hybridized carbons (Fsp3) is 0.158. The van der Waals surface area contributed by atoms with Crippen LogP contribution in [0, 0.1) is 12.7 Å². The number of benzene rings is 1. The Morgan fingerprint density at radius 3 is 2.84 bits per heavy atom. The molecule has 0 unspecified atom stereocenters. The van der Waals surface area contributed by atoms with E-state index in [0.29, 0.717) is 17.1 Å². The Morgan fingerprint density at radius 2 is 2.16 bits per heavy atom. The first-order valence-corrected chi connectivity index (χ1v) is 8.58. The third-order valence-corrected chi connectivity index (χ3v) is 5.30. The number of fused-ring (bicyclic) bond motifs is 1. The highest BCUT2D eigenvalue weighted by Crippen LogP contribution is 2.33. The summed E-state index contributed by atoms with van der Waals surface area (Å²) in [6.07, 6.45) is 4.80. The van der Waals surface area contributed by atoms with Crippen LogP contribution in [0.3, 0.4) is 0 Å². The third-order valence-electron chi connectivity index (χ3n) is 4.00. The number of halogens is 1. The molecule has 25 heavy (non-hydrogen) atoms. The summed E-state index contributed by atoms with van der Waals surface area (Å²) in [4.78, 5) is 18.9. The monoisotopic (exact) mass is 355 g/mol. The minimum absolute atomic E-state index is 0.130. The van der Waals surface area contributed by atoms with Gasteiger partial charge in [0, 0.05) is 24.2 Å². The largest absolute Gasteiger partial charge is 0.384 e. The van der Waals surface area contributed by atoms with Crippen molar-refractivity contribution in [3.63, 3.8) is 0 Å². The number of pyridine rings is 1. The van der Waals surface area contributed by atoms with E-state index in [0.717, 1.165) is 21.4 Å². The average molecular weight is 355 g/mol. The Balaban J connectivity index is 1.74. The van der Waals surface area contributed by atoms with Gasteiger partial charge in [0.25, 0.3) is 0 Å². The van der Waals surface area contributed by atoms with Crippen LogP contribution in [0.5, 0.6) is 0 Å². The van der Waals surface area contributed by atoms with E-state index in [2.05, 4.69) is 4.98 Å². The molecule has 6 heteroatoms. The van der Waals surface area contributed by atoms with Gasteiger partial charge in [-0.3, -0.25) is 4.79 Å². The van der Waals surface area contributed by atoms with Crippen molar-refractivity contribution < 1.29 is 9.18 Å². The van der Waals surface area contributed by atoms with Gasteiger partial charge in [0.1, 0.15) is 11.6 Å². The van der Waals surface area contributed by atoms with Crippen LogP contribution in [0.1, 0.15) is 16.0 Å². The summed E-state index contributed by atoms with van der Waals surface area (Å²) >= 11 is 1.40. The zero-order valence-corrected chi connectivity index (χ0v) is 14.8. The van der Waals surface area contributed by atoms with E-state index < -0.39 is 0 Å². The number of hydrogen-bond donors (Lipinski definition) is 1. The number of anilines is 1. The summed E-state index contributed by atoms with van der Waals surface area (Å²) in [6.45, 7) is 2.40. The zero-order chi connectivity index (χ0) is 18.0. The minimum Gasteiger partial charge on any atom is -0.384 e. The molecule has 2 aromatic heterocycles. The van der Waals surface area contributed by atoms with Crippen LogP contribution < -0.4 is 5.73 Å². The van der Waals surface area contributed by atoms with Crippen LogP contribution in [0.25, 0.3) is 16.2 Å². The van der Waals surface area contributed by atoms with Gasteiger partial charge in [-0.2, -0.15) is 0 Å². The molecule has 1 amide bonds. The van der Waals surface area contributed by atoms with E-state index in [1.165, 1.54) is 23.5 Å². The summed E-state index contributed by atoms with van der Waals surface area (Å²) in [5.74, 6) is 0.0868. The van der Waals surface area contributed by atoms with Gasteiger partial charge < -0.3 is 10.6 Å². The van der Waals surface area contributed by atoms with Crippen molar-refractivity contribution in [2.75, 3.05) is 12.8 Å². The lowest BCUT2D eigenvalue weighted by atomic mass is 10.1. The van der Waals surface area contributed by atoms with E-state index in [1.807, 2.05) is 13.0 Å². The maximum absolute atomic E-state index is 13.9. The molecule has 0 bridgehead atoms. The summed E-state index contributed by atoms with van der Waals surface area (Å²) in [7, 11) is 1.73. The minimum atomic E-state index is -0.221. The van der Waals surface area contributed by atoms with Crippen molar-refractivity contribution in [3.05, 3.63) is 64.4 Å². The highest BCUT2D eigenvalue weighted by atomic mass is 32.1. The molecule has 0 saturated carbocycles. The van der Waals surface area contributed by atoms with Crippen LogP contribution in [-0.4, -0.2) is 22.8 Å². The Bertz CT molecular complexity index is 947. The molecule has 0 spiro atoms. The Morgan fingerprint density at radius 1 is 1.36 bits per heavy atom. The van der Waals surface area contributed by atoms with Crippen molar-refractivity contribution >= 4 is 39.2 Å². The molecule has 3 aromatic rings. The molecule has 0 aliphatic rings. The normalized spacial score (nSPS) is 11.3. The van der Waals surface area contributed by atoms with Crippen LogP contribution in [0.2, 0.25) is 0 Å². The lowest BCUT2D eigenvalue weighted by Gasteiger charge is -2.14. The SMILES string of the molecule is Cc1c(CN(C)C(=O)/C=C/c2ccc(N)nc2)sc2c(F)cccc12. The van der Waals surface area contributed by atoms with Gasteiger partial charge in [-0.05, 0) is 47.7 Å². The number of likely N-dealkylation sites (N-methyl/N-ethyl adjacent to an activating group) is 1. The zero-order valence-electron chi connectivity index (χ0n) is 14.0. The van der Waals surface area contributed by atoms with Crippen molar-refractivity contribution in [1.29, 1.82) is 0 Å². The maximum atomic E-state index is 13.9. The topological polar surface area (TPSA) is 59.2 Å². The Hall–Kier alpha value is -2.73. The van der Waals surface area contributed by atoms with Gasteiger partial charge in [0.05, 0.1) is 11.2 Å². The second-order valence-electron chi connectivity index (χ2n) is 5.81. The lowest BCUT2D eigenvalue weighted by Crippen LogP contribution is -2.23. The molecule has 128 valence electrons. The van der Waals surface area contributed by atoms with E-state index in [1.54, 1.807) is 42.4 Å². The molecular weight excluding hydrogens is 337 g/mol. The van der Waals surface area contributed by atoms with Gasteiger partial charge >= 0.3 is 0 Å². The molecule has 4 nitrogen and oxygen atoms in total. The fourth-order valence-corrected chi connectivity index (χ4v) is 3.78. The van der Waals surface area contributed by atoms with Gasteiger partial charge in [0.15, 0.2) is 0 Å². The predicted octanol–water partition coefficient (Wildman–Crippen LogP) is 4.00. The first-order valence-electron chi connectivity index (χ1n) is 7.77. The molecule has 0 aliphatic carbocycles. The van der Waals surface area contributed by atoms with Gasteiger partial charge in [-0.1, -0.05) is 12.1 Å². The van der Waals surface area contributed by atoms with E-state index in [-0.39, 0.29) is 11.7 Å². The van der Waals surface area contributed by atoms with E-state index in [9.17, 15) is 9.18 Å². The van der Waals surface area contributed by atoms with Crippen LogP contribution in [0.15, 0.2) is 42.6 Å². The number of carbonyl (C=O) groups is 1. The van der Waals surface area contributed by atoms with Gasteiger partial charge in [-0.15, -0.1) is 11.3 Å². The average Bonchev–Trinajstić information content (AvgIpc) is 2.92. The number of carbonyl (C=O) groups excluding carboxylic acids is 1. The number of thiophene rings is 1. The maximum Gasteiger partial charge on any atom is 0.246 e. The first kappa shape index (κ1) is 17.1. The Kier molecular flexibility index (Phi) is 4.81. The smallest absolute Gasteiger partial charge is 0.246 e. The highest BCUT2D eigenvalue weighted by molar-refractivity contribution is 7.19. The van der Waals surface area contributed by atoms with Crippen LogP contribution >= 0.6 is 11.3 Å². The lowest BCUT2D eigenvalue weighted by molar-refractivity contribution is -0.125. The first-order chi connectivity index (χ1) is 12.0. The number of rotatable bonds is 4. The quantitative estimate of drug-likeness (QED) is 0.720. The van der Waals surface area contributed by atoms with Crippen LogP contribution in [-0.2, 0) is 11.3 Å². The number of nitrogens with zero attached hydrogens (tertiary/aromatic N) is 2. The van der Waals surface area contributed by atoms with Gasteiger partial charge in [0.2, 0.25) is 5.91 Å². The molecule has 2 heterocycles. The van der Waals surface area contributed by atoms with E-state index in [4.69, 9.17) is 5.73 Å². The molecule has 2 N–H and O–H groups in total. The predicted molar refractivity (Wildman–Crippen MR) is 101 cm³/mol. The third kappa shape index (κ3) is 3.69. The fourth-order valence-electron chi connectivity index (χ4n) is 2.51. The number of nitrogens with two attached hydrogens (primary N) is 1. The second kappa shape index (κ2) is 7.03. The van der Waals surface area contributed by atoms with Crippen molar-refractivity contribution in [3.8, 4) is 0 Å². The molecule has 0 atom stereocenters. The van der Waals surface area contributed by atoms with Crippen molar-refractivity contribution in [1.82, 2.24) is 9.88 Å². The van der Waals surface area contributed by atoms with Crippen LogP contribution in [0.4, 0.5) is 10.2 Å². The summed E-state index contributed by atoms with van der Waals surface area (Å²) in [5.41, 5.74) is 7.36. The van der Waals surface area contributed by atoms with E-state index >= 15 is 0 Å². The summed E-state index contributed by atoms with van der Waals surface area (Å²) < 4.78 is 14.6.